The predicted octanol–water partition coefficient (Wildman–Crippen LogP) is 3.93. The van der Waals surface area contributed by atoms with Crippen molar-refractivity contribution in [3.63, 3.8) is 0 Å². The minimum atomic E-state index is -0.505. The number of carbonyl (C=O) groups is 1. The van der Waals surface area contributed by atoms with E-state index in [9.17, 15) is 4.79 Å². The zero-order chi connectivity index (χ0) is 13.3. The largest absolute Gasteiger partial charge is 0.422 e. The van der Waals surface area contributed by atoms with Gasteiger partial charge in [-0.3, -0.25) is 0 Å². The van der Waals surface area contributed by atoms with E-state index in [4.69, 9.17) is 20.9 Å². The molecule has 0 amide bonds. The van der Waals surface area contributed by atoms with Crippen molar-refractivity contribution >= 4 is 33.5 Å². The Hall–Kier alpha value is -1.33. The van der Waals surface area contributed by atoms with Crippen LogP contribution in [0.4, 0.5) is 0 Å². The van der Waals surface area contributed by atoms with Gasteiger partial charge in [-0.25, -0.2) is 4.79 Å². The van der Waals surface area contributed by atoms with Gasteiger partial charge in [0, 0.05) is 5.02 Å². The van der Waals surface area contributed by atoms with E-state index in [-0.39, 0.29) is 0 Å². The number of hydrogen-bond acceptors (Lipinski definition) is 4. The lowest BCUT2D eigenvalue weighted by Crippen LogP contribution is -2.10. The van der Waals surface area contributed by atoms with Crippen LogP contribution in [0.5, 0.6) is 5.75 Å². The molecule has 6 heteroatoms. The fourth-order valence-electron chi connectivity index (χ4n) is 1.48. The van der Waals surface area contributed by atoms with Crippen molar-refractivity contribution < 1.29 is 14.1 Å². The van der Waals surface area contributed by atoms with E-state index in [0.717, 1.165) is 0 Å². The predicted molar refractivity (Wildman–Crippen MR) is 70.1 cm³/mol. The van der Waals surface area contributed by atoms with E-state index in [1.807, 2.05) is 0 Å². The number of rotatable bonds is 2. The highest BCUT2D eigenvalue weighted by molar-refractivity contribution is 9.10. The van der Waals surface area contributed by atoms with Crippen LogP contribution in [-0.2, 0) is 0 Å². The molecule has 0 fully saturated rings. The highest BCUT2D eigenvalue weighted by Gasteiger charge is 2.20. The van der Waals surface area contributed by atoms with Gasteiger partial charge in [0.15, 0.2) is 0 Å². The van der Waals surface area contributed by atoms with Crippen molar-refractivity contribution in [3.05, 3.63) is 44.7 Å². The third-order valence-electron chi connectivity index (χ3n) is 2.33. The summed E-state index contributed by atoms with van der Waals surface area (Å²) in [5.74, 6) is 0.321. The topological polar surface area (TPSA) is 52.3 Å². The standard InChI is InChI=1S/C12H9BrClNO3/c1-6-11(7(2)18-15-6)12(16)17-10-4-3-8(14)5-9(10)13/h3-5H,1-2H3. The molecule has 18 heavy (non-hydrogen) atoms. The minimum Gasteiger partial charge on any atom is -0.422 e. The van der Waals surface area contributed by atoms with Crippen molar-refractivity contribution in [3.8, 4) is 5.75 Å². The third-order valence-corrected chi connectivity index (χ3v) is 3.19. The molecule has 0 bridgehead atoms. The number of hydrogen-bond donors (Lipinski definition) is 0. The Labute approximate surface area is 117 Å². The van der Waals surface area contributed by atoms with Crippen LogP contribution in [-0.4, -0.2) is 11.1 Å². The smallest absolute Gasteiger partial charge is 0.349 e. The Bertz CT molecular complexity index is 590. The molecule has 0 spiro atoms. The van der Waals surface area contributed by atoms with E-state index in [1.54, 1.807) is 32.0 Å². The molecule has 94 valence electrons. The van der Waals surface area contributed by atoms with Crippen LogP contribution in [0.3, 0.4) is 0 Å². The summed E-state index contributed by atoms with van der Waals surface area (Å²) >= 11 is 9.08. The molecule has 1 aromatic heterocycles. The highest BCUT2D eigenvalue weighted by atomic mass is 79.9. The van der Waals surface area contributed by atoms with E-state index in [2.05, 4.69) is 21.1 Å². The van der Waals surface area contributed by atoms with Crippen molar-refractivity contribution in [2.75, 3.05) is 0 Å². The van der Waals surface area contributed by atoms with Gasteiger partial charge >= 0.3 is 5.97 Å². The van der Waals surface area contributed by atoms with Crippen molar-refractivity contribution in [2.24, 2.45) is 0 Å². The monoisotopic (exact) mass is 329 g/mol. The van der Waals surface area contributed by atoms with Crippen LogP contribution >= 0.6 is 27.5 Å². The fourth-order valence-corrected chi connectivity index (χ4v) is 2.25. The molecule has 0 N–H and O–H groups in total. The van der Waals surface area contributed by atoms with Crippen LogP contribution < -0.4 is 4.74 Å². The molecule has 0 radical (unpaired) electrons. The molecule has 0 saturated heterocycles. The van der Waals surface area contributed by atoms with Gasteiger partial charge in [-0.05, 0) is 48.0 Å². The highest BCUT2D eigenvalue weighted by Crippen LogP contribution is 2.29. The first kappa shape index (κ1) is 13.1. The van der Waals surface area contributed by atoms with Gasteiger partial charge in [0.25, 0.3) is 0 Å². The number of benzene rings is 1. The van der Waals surface area contributed by atoms with Gasteiger partial charge in [-0.2, -0.15) is 0 Å². The van der Waals surface area contributed by atoms with Gasteiger partial charge in [0.05, 0.1) is 10.2 Å². The summed E-state index contributed by atoms with van der Waals surface area (Å²) < 4.78 is 10.8. The van der Waals surface area contributed by atoms with Crippen LogP contribution in [0.2, 0.25) is 5.02 Å². The van der Waals surface area contributed by atoms with Crippen LogP contribution in [0.15, 0.2) is 27.2 Å². The SMILES string of the molecule is Cc1noc(C)c1C(=O)Oc1ccc(Cl)cc1Br. The first-order chi connectivity index (χ1) is 8.49. The lowest BCUT2D eigenvalue weighted by Gasteiger charge is -2.06. The van der Waals surface area contributed by atoms with E-state index < -0.39 is 5.97 Å². The zero-order valence-electron chi connectivity index (χ0n) is 9.66. The maximum atomic E-state index is 12.0. The van der Waals surface area contributed by atoms with Crippen LogP contribution in [0.25, 0.3) is 0 Å². The first-order valence-electron chi connectivity index (χ1n) is 5.09. The maximum Gasteiger partial charge on any atom is 0.349 e. The second-order valence-corrected chi connectivity index (χ2v) is 4.95. The summed E-state index contributed by atoms with van der Waals surface area (Å²) in [6, 6.07) is 4.91. The summed E-state index contributed by atoms with van der Waals surface area (Å²) in [6.45, 7) is 3.34. The quantitative estimate of drug-likeness (QED) is 0.618. The molecule has 0 saturated carbocycles. The van der Waals surface area contributed by atoms with Gasteiger partial charge in [0.1, 0.15) is 17.1 Å². The molecule has 0 unspecified atom stereocenters. The van der Waals surface area contributed by atoms with Crippen molar-refractivity contribution in [1.29, 1.82) is 0 Å². The Kier molecular flexibility index (Phi) is 3.73. The maximum absolute atomic E-state index is 12.0. The zero-order valence-corrected chi connectivity index (χ0v) is 12.0. The number of esters is 1. The molecule has 4 nitrogen and oxygen atoms in total. The Morgan fingerprint density at radius 2 is 2.17 bits per heavy atom. The number of nitrogens with zero attached hydrogens (tertiary/aromatic N) is 1. The molecule has 0 aliphatic rings. The lowest BCUT2D eigenvalue weighted by atomic mass is 10.2. The van der Waals surface area contributed by atoms with E-state index in [0.29, 0.717) is 32.3 Å². The number of halogens is 2. The number of aryl methyl sites for hydroxylation is 2. The van der Waals surface area contributed by atoms with Gasteiger partial charge in [-0.15, -0.1) is 0 Å². The Morgan fingerprint density at radius 3 is 2.72 bits per heavy atom. The Morgan fingerprint density at radius 1 is 1.44 bits per heavy atom. The molecule has 2 rings (SSSR count). The number of ether oxygens (including phenoxy) is 1. The summed E-state index contributed by atoms with van der Waals surface area (Å²) in [5.41, 5.74) is 0.847. The molecule has 0 aliphatic heterocycles. The molecule has 2 aromatic rings. The second-order valence-electron chi connectivity index (χ2n) is 3.66. The van der Waals surface area contributed by atoms with Crippen molar-refractivity contribution in [2.45, 2.75) is 13.8 Å². The molecule has 0 atom stereocenters. The van der Waals surface area contributed by atoms with Gasteiger partial charge in [-0.1, -0.05) is 16.8 Å². The summed E-state index contributed by atoms with van der Waals surface area (Å²) in [7, 11) is 0. The number of carbonyl (C=O) groups excluding carboxylic acids is 1. The van der Waals surface area contributed by atoms with Crippen molar-refractivity contribution in [1.82, 2.24) is 5.16 Å². The summed E-state index contributed by atoms with van der Waals surface area (Å²) in [4.78, 5) is 12.0. The van der Waals surface area contributed by atoms with Gasteiger partial charge in [0.2, 0.25) is 0 Å². The Balaban J connectivity index is 2.27. The van der Waals surface area contributed by atoms with Gasteiger partial charge < -0.3 is 9.26 Å². The third kappa shape index (κ3) is 2.57. The molecule has 0 aliphatic carbocycles. The first-order valence-corrected chi connectivity index (χ1v) is 6.26. The minimum absolute atomic E-state index is 0.344. The second kappa shape index (κ2) is 5.12. The van der Waals surface area contributed by atoms with Crippen LogP contribution in [0, 0.1) is 13.8 Å². The summed E-state index contributed by atoms with van der Waals surface area (Å²) in [5, 5.41) is 4.26. The average molecular weight is 331 g/mol. The average Bonchev–Trinajstić information content (AvgIpc) is 2.62. The molecular weight excluding hydrogens is 321 g/mol. The fraction of sp³-hybridized carbons (Fsp3) is 0.167. The lowest BCUT2D eigenvalue weighted by molar-refractivity contribution is 0.0731. The van der Waals surface area contributed by atoms with E-state index >= 15 is 0 Å². The molecule has 1 aromatic carbocycles. The number of aromatic nitrogens is 1. The molecular formula is C12H9BrClNO3. The normalized spacial score (nSPS) is 10.4. The molecule has 1 heterocycles. The van der Waals surface area contributed by atoms with E-state index in [1.165, 1.54) is 0 Å². The van der Waals surface area contributed by atoms with Crippen LogP contribution in [0.1, 0.15) is 21.8 Å². The summed E-state index contributed by atoms with van der Waals surface area (Å²) in [6.07, 6.45) is 0.